The molecule has 126 valence electrons. The summed E-state index contributed by atoms with van der Waals surface area (Å²) in [6.07, 6.45) is 2.14. The van der Waals surface area contributed by atoms with Gasteiger partial charge in [0.05, 0.1) is 17.4 Å². The Hall–Kier alpha value is -1.88. The highest BCUT2D eigenvalue weighted by Crippen LogP contribution is 2.33. The molecule has 23 heavy (non-hydrogen) atoms. The molecule has 2 N–H and O–H groups in total. The lowest BCUT2D eigenvalue weighted by Crippen LogP contribution is -2.33. The smallest absolute Gasteiger partial charge is 0.253 e. The lowest BCUT2D eigenvalue weighted by atomic mass is 10.0. The second-order valence-corrected chi connectivity index (χ2v) is 6.59. The van der Waals surface area contributed by atoms with E-state index >= 15 is 0 Å². The molecule has 5 heteroatoms. The van der Waals surface area contributed by atoms with Crippen molar-refractivity contribution < 1.29 is 14.7 Å². The number of aliphatic hydroxyl groups is 1. The second-order valence-electron chi connectivity index (χ2n) is 6.59. The van der Waals surface area contributed by atoms with Gasteiger partial charge in [-0.15, -0.1) is 0 Å². The molecule has 2 atom stereocenters. The van der Waals surface area contributed by atoms with Gasteiger partial charge in [0.15, 0.2) is 0 Å². The average Bonchev–Trinajstić information content (AvgIpc) is 3.35. The van der Waals surface area contributed by atoms with Crippen LogP contribution in [0.25, 0.3) is 0 Å². The number of rotatable bonds is 7. The fourth-order valence-corrected chi connectivity index (χ4v) is 2.71. The molecule has 0 radical (unpaired) electrons. The fourth-order valence-electron chi connectivity index (χ4n) is 2.71. The van der Waals surface area contributed by atoms with Gasteiger partial charge in [-0.1, -0.05) is 19.1 Å². The van der Waals surface area contributed by atoms with Crippen LogP contribution in [0.2, 0.25) is 0 Å². The molecule has 1 aromatic carbocycles. The largest absolute Gasteiger partial charge is 0.393 e. The van der Waals surface area contributed by atoms with Gasteiger partial charge in [-0.2, -0.15) is 0 Å². The number of nitrogens with one attached hydrogen (secondary N) is 1. The number of carbonyl (C=O) groups is 2. The molecule has 1 fully saturated rings. The molecule has 2 rings (SSSR count). The maximum Gasteiger partial charge on any atom is 0.253 e. The van der Waals surface area contributed by atoms with Gasteiger partial charge in [-0.3, -0.25) is 9.59 Å². The third kappa shape index (κ3) is 4.79. The van der Waals surface area contributed by atoms with Gasteiger partial charge in [0.2, 0.25) is 5.91 Å². The van der Waals surface area contributed by atoms with E-state index in [9.17, 15) is 14.7 Å². The third-order valence-electron chi connectivity index (χ3n) is 4.12. The summed E-state index contributed by atoms with van der Waals surface area (Å²) in [5, 5.41) is 12.3. The zero-order chi connectivity index (χ0) is 17.0. The number of aliphatic hydroxyl groups excluding tert-OH is 1. The van der Waals surface area contributed by atoms with Gasteiger partial charge in [-0.25, -0.2) is 0 Å². The van der Waals surface area contributed by atoms with E-state index in [-0.39, 0.29) is 29.8 Å². The molecule has 0 heterocycles. The number of hydrogen-bond acceptors (Lipinski definition) is 3. The van der Waals surface area contributed by atoms with Crippen LogP contribution in [0.15, 0.2) is 24.3 Å². The minimum atomic E-state index is -0.378. The number of hydrogen-bond donors (Lipinski definition) is 2. The Labute approximate surface area is 137 Å². The highest BCUT2D eigenvalue weighted by atomic mass is 16.3. The van der Waals surface area contributed by atoms with Crippen LogP contribution in [-0.4, -0.2) is 36.6 Å². The molecule has 5 nitrogen and oxygen atoms in total. The van der Waals surface area contributed by atoms with Crippen molar-refractivity contribution in [2.24, 2.45) is 11.8 Å². The van der Waals surface area contributed by atoms with Crippen molar-refractivity contribution in [1.29, 1.82) is 0 Å². The van der Waals surface area contributed by atoms with E-state index in [1.165, 1.54) is 0 Å². The summed E-state index contributed by atoms with van der Waals surface area (Å²) < 4.78 is 0. The van der Waals surface area contributed by atoms with E-state index in [4.69, 9.17) is 0 Å². The maximum atomic E-state index is 12.5. The van der Waals surface area contributed by atoms with Crippen LogP contribution in [0.1, 0.15) is 43.5 Å². The molecule has 1 aliphatic rings. The Morgan fingerprint density at radius 3 is 2.57 bits per heavy atom. The van der Waals surface area contributed by atoms with E-state index < -0.39 is 0 Å². The molecular weight excluding hydrogens is 292 g/mol. The third-order valence-corrected chi connectivity index (χ3v) is 4.12. The van der Waals surface area contributed by atoms with Crippen molar-refractivity contribution in [2.45, 2.75) is 39.2 Å². The van der Waals surface area contributed by atoms with E-state index in [1.807, 2.05) is 13.0 Å². The van der Waals surface area contributed by atoms with Crippen LogP contribution in [0.3, 0.4) is 0 Å². The molecule has 0 bridgehead atoms. The zero-order valence-electron chi connectivity index (χ0n) is 14.1. The van der Waals surface area contributed by atoms with E-state index in [0.717, 1.165) is 12.8 Å². The Balaban J connectivity index is 2.04. The van der Waals surface area contributed by atoms with Crippen molar-refractivity contribution in [3.05, 3.63) is 29.8 Å². The molecule has 0 spiro atoms. The van der Waals surface area contributed by atoms with Crippen molar-refractivity contribution in [3.8, 4) is 0 Å². The van der Waals surface area contributed by atoms with E-state index in [1.54, 1.807) is 37.1 Å². The molecule has 0 aliphatic heterocycles. The van der Waals surface area contributed by atoms with Crippen molar-refractivity contribution in [2.75, 3.05) is 18.5 Å². The highest BCUT2D eigenvalue weighted by Gasteiger charge is 2.33. The SMILES string of the molecule is CC(O)CC(C)CNC(=O)c1ccccc1N(C)C(=O)C1CC1. The number of para-hydroxylation sites is 1. The fraction of sp³-hybridized carbons (Fsp3) is 0.556. The first-order valence-electron chi connectivity index (χ1n) is 8.23. The van der Waals surface area contributed by atoms with E-state index in [0.29, 0.717) is 24.2 Å². The van der Waals surface area contributed by atoms with Crippen LogP contribution in [0.4, 0.5) is 5.69 Å². The number of carbonyl (C=O) groups excluding carboxylic acids is 2. The van der Waals surface area contributed by atoms with Crippen LogP contribution in [-0.2, 0) is 4.79 Å². The molecule has 1 aliphatic carbocycles. The molecule has 1 aromatic rings. The first-order chi connectivity index (χ1) is 10.9. The minimum absolute atomic E-state index is 0.0766. The van der Waals surface area contributed by atoms with E-state index in [2.05, 4.69) is 5.32 Å². The zero-order valence-corrected chi connectivity index (χ0v) is 14.1. The van der Waals surface area contributed by atoms with Gasteiger partial charge >= 0.3 is 0 Å². The summed E-state index contributed by atoms with van der Waals surface area (Å²) in [6.45, 7) is 4.23. The van der Waals surface area contributed by atoms with Crippen LogP contribution in [0, 0.1) is 11.8 Å². The van der Waals surface area contributed by atoms with Crippen molar-refractivity contribution in [3.63, 3.8) is 0 Å². The summed E-state index contributed by atoms with van der Waals surface area (Å²) >= 11 is 0. The van der Waals surface area contributed by atoms with Crippen LogP contribution < -0.4 is 10.2 Å². The summed E-state index contributed by atoms with van der Waals surface area (Å²) in [7, 11) is 1.73. The van der Waals surface area contributed by atoms with Gasteiger partial charge < -0.3 is 15.3 Å². The molecular formula is C18H26N2O3. The molecule has 2 amide bonds. The number of nitrogens with zero attached hydrogens (tertiary/aromatic N) is 1. The summed E-state index contributed by atoms with van der Waals surface area (Å²) in [5.41, 5.74) is 1.15. The number of benzene rings is 1. The topological polar surface area (TPSA) is 69.6 Å². The summed E-state index contributed by atoms with van der Waals surface area (Å²) in [6, 6.07) is 7.17. The van der Waals surface area contributed by atoms with Gasteiger partial charge in [0, 0.05) is 19.5 Å². The first-order valence-corrected chi connectivity index (χ1v) is 8.23. The molecule has 0 saturated heterocycles. The lowest BCUT2D eigenvalue weighted by Gasteiger charge is -2.21. The normalized spacial score (nSPS) is 16.5. The summed E-state index contributed by atoms with van der Waals surface area (Å²) in [4.78, 5) is 26.3. The average molecular weight is 318 g/mol. The maximum absolute atomic E-state index is 12.5. The first kappa shape index (κ1) is 17.5. The van der Waals surface area contributed by atoms with Crippen molar-refractivity contribution in [1.82, 2.24) is 5.32 Å². The lowest BCUT2D eigenvalue weighted by molar-refractivity contribution is -0.119. The predicted octanol–water partition coefficient (Wildman–Crippen LogP) is 2.20. The molecule has 2 unspecified atom stereocenters. The molecule has 1 saturated carbocycles. The monoisotopic (exact) mass is 318 g/mol. The Morgan fingerprint density at radius 1 is 1.30 bits per heavy atom. The number of anilines is 1. The summed E-state index contributed by atoms with van der Waals surface area (Å²) in [5.74, 6) is 0.195. The van der Waals surface area contributed by atoms with Gasteiger partial charge in [0.1, 0.15) is 0 Å². The van der Waals surface area contributed by atoms with Crippen LogP contribution >= 0.6 is 0 Å². The standard InChI is InChI=1S/C18H26N2O3/c1-12(10-13(2)21)11-19-17(22)15-6-4-5-7-16(15)20(3)18(23)14-8-9-14/h4-7,12-14,21H,8-11H2,1-3H3,(H,19,22). The Morgan fingerprint density at radius 2 is 1.96 bits per heavy atom. The van der Waals surface area contributed by atoms with Gasteiger partial charge in [0.25, 0.3) is 5.91 Å². The Kier molecular flexibility index (Phi) is 5.77. The van der Waals surface area contributed by atoms with Crippen LogP contribution in [0.5, 0.6) is 0 Å². The van der Waals surface area contributed by atoms with Gasteiger partial charge in [-0.05, 0) is 44.2 Å². The molecule has 0 aromatic heterocycles. The quantitative estimate of drug-likeness (QED) is 0.810. The van der Waals surface area contributed by atoms with Crippen molar-refractivity contribution >= 4 is 17.5 Å². The Bertz CT molecular complexity index is 567. The second kappa shape index (κ2) is 7.59. The predicted molar refractivity (Wildman–Crippen MR) is 90.4 cm³/mol. The highest BCUT2D eigenvalue weighted by molar-refractivity contribution is 6.05. The minimum Gasteiger partial charge on any atom is -0.393 e. The number of amides is 2.